The molecule has 2 amide bonds. The molecule has 1 N–H and O–H groups in total. The van der Waals surface area contributed by atoms with Gasteiger partial charge in [0.05, 0.1) is 11.2 Å². The lowest BCUT2D eigenvalue weighted by atomic mass is 10.1. The van der Waals surface area contributed by atoms with Crippen LogP contribution in [0.15, 0.2) is 5.51 Å². The third kappa shape index (κ3) is 3.21. The molecule has 6 heteroatoms. The molecule has 2 atom stereocenters. The van der Waals surface area contributed by atoms with Crippen LogP contribution in [-0.4, -0.2) is 59.6 Å². The van der Waals surface area contributed by atoms with Crippen LogP contribution in [0, 0.1) is 6.92 Å². The van der Waals surface area contributed by atoms with Crippen molar-refractivity contribution >= 4 is 17.4 Å². The first kappa shape index (κ1) is 14.8. The van der Waals surface area contributed by atoms with Crippen molar-refractivity contribution in [3.8, 4) is 0 Å². The summed E-state index contributed by atoms with van der Waals surface area (Å²) in [6.45, 7) is 4.48. The lowest BCUT2D eigenvalue weighted by Crippen LogP contribution is -2.45. The zero-order valence-electron chi connectivity index (χ0n) is 12.8. The van der Waals surface area contributed by atoms with E-state index >= 15 is 0 Å². The van der Waals surface area contributed by atoms with Crippen molar-refractivity contribution in [2.75, 3.05) is 26.7 Å². The number of hydrogen-bond donors (Lipinski definition) is 1. The molecule has 2 bridgehead atoms. The van der Waals surface area contributed by atoms with Crippen LogP contribution in [-0.2, 0) is 6.42 Å². The molecular weight excluding hydrogens is 284 g/mol. The smallest absolute Gasteiger partial charge is 0.317 e. The maximum Gasteiger partial charge on any atom is 0.317 e. The number of aromatic nitrogens is 1. The summed E-state index contributed by atoms with van der Waals surface area (Å²) in [7, 11) is 2.20. The molecule has 0 spiro atoms. The number of rotatable bonds is 3. The highest BCUT2D eigenvalue weighted by Gasteiger charge is 2.35. The van der Waals surface area contributed by atoms with Crippen molar-refractivity contribution in [2.24, 2.45) is 0 Å². The molecular formula is C15H24N4OS. The van der Waals surface area contributed by atoms with Gasteiger partial charge in [-0.2, -0.15) is 0 Å². The van der Waals surface area contributed by atoms with Crippen LogP contribution in [0.2, 0.25) is 0 Å². The number of urea groups is 1. The van der Waals surface area contributed by atoms with Crippen LogP contribution in [0.5, 0.6) is 0 Å². The standard InChI is InChI=1S/C15H24N4OS/c1-11-14(21-10-17-11)5-7-16-15(20)19-8-6-12-3-4-13(9-19)18(12)2/h10,12-13H,3-9H2,1-2H3,(H,16,20)/t12-,13+/m0/s1. The predicted octanol–water partition coefficient (Wildman–Crippen LogP) is 1.87. The molecule has 1 aromatic rings. The SMILES string of the molecule is Cc1ncsc1CCNC(=O)N1CC[C@@H]2CC[C@H](C1)N2C. The normalized spacial score (nSPS) is 25.9. The number of likely N-dealkylation sites (tertiary alicyclic amines) is 1. The van der Waals surface area contributed by atoms with Crippen molar-refractivity contribution in [2.45, 2.75) is 44.7 Å². The van der Waals surface area contributed by atoms with Gasteiger partial charge < -0.3 is 10.2 Å². The van der Waals surface area contributed by atoms with Gasteiger partial charge in [0.2, 0.25) is 0 Å². The highest BCUT2D eigenvalue weighted by Crippen LogP contribution is 2.28. The van der Waals surface area contributed by atoms with Crippen LogP contribution >= 0.6 is 11.3 Å². The molecule has 2 aliphatic rings. The van der Waals surface area contributed by atoms with Crippen LogP contribution in [0.25, 0.3) is 0 Å². The van der Waals surface area contributed by atoms with Gasteiger partial charge in [0.1, 0.15) is 0 Å². The Balaban J connectivity index is 1.48. The van der Waals surface area contributed by atoms with E-state index in [0.717, 1.165) is 31.6 Å². The maximum absolute atomic E-state index is 12.3. The van der Waals surface area contributed by atoms with Crippen molar-refractivity contribution in [3.05, 3.63) is 16.1 Å². The van der Waals surface area contributed by atoms with Gasteiger partial charge in [0.25, 0.3) is 0 Å². The number of nitrogens with one attached hydrogen (secondary N) is 1. The summed E-state index contributed by atoms with van der Waals surface area (Å²) in [4.78, 5) is 22.3. The Bertz CT molecular complexity index is 504. The Labute approximate surface area is 130 Å². The van der Waals surface area contributed by atoms with Crippen molar-refractivity contribution < 1.29 is 4.79 Å². The van der Waals surface area contributed by atoms with Crippen molar-refractivity contribution in [3.63, 3.8) is 0 Å². The van der Waals surface area contributed by atoms with Gasteiger partial charge in [-0.1, -0.05) is 0 Å². The summed E-state index contributed by atoms with van der Waals surface area (Å²) >= 11 is 1.67. The van der Waals surface area contributed by atoms with Crippen LogP contribution < -0.4 is 5.32 Å². The van der Waals surface area contributed by atoms with E-state index in [1.54, 1.807) is 11.3 Å². The van der Waals surface area contributed by atoms with Crippen LogP contribution in [0.1, 0.15) is 29.8 Å². The fourth-order valence-corrected chi connectivity index (χ4v) is 4.24. The van der Waals surface area contributed by atoms with Gasteiger partial charge in [0.15, 0.2) is 0 Å². The Morgan fingerprint density at radius 3 is 3.00 bits per heavy atom. The predicted molar refractivity (Wildman–Crippen MR) is 84.7 cm³/mol. The molecule has 0 aliphatic carbocycles. The number of likely N-dealkylation sites (N-methyl/N-ethyl adjacent to an activating group) is 1. The fourth-order valence-electron chi connectivity index (χ4n) is 3.45. The average molecular weight is 308 g/mol. The minimum Gasteiger partial charge on any atom is -0.338 e. The number of carbonyl (C=O) groups is 1. The molecule has 0 saturated carbocycles. The van der Waals surface area contributed by atoms with Crippen LogP contribution in [0.3, 0.4) is 0 Å². The Morgan fingerprint density at radius 2 is 2.24 bits per heavy atom. The molecule has 5 nitrogen and oxygen atoms in total. The second-order valence-electron chi connectivity index (χ2n) is 6.13. The van der Waals surface area contributed by atoms with E-state index in [2.05, 4.69) is 22.2 Å². The summed E-state index contributed by atoms with van der Waals surface area (Å²) in [5.41, 5.74) is 2.95. The number of aryl methyl sites for hydroxylation is 1. The Hall–Kier alpha value is -1.14. The third-order valence-electron chi connectivity index (χ3n) is 4.91. The van der Waals surface area contributed by atoms with E-state index in [9.17, 15) is 4.79 Å². The molecule has 0 aromatic carbocycles. The van der Waals surface area contributed by atoms with Gasteiger partial charge in [-0.05, 0) is 33.2 Å². The summed E-state index contributed by atoms with van der Waals surface area (Å²) < 4.78 is 0. The first-order valence-electron chi connectivity index (χ1n) is 7.79. The summed E-state index contributed by atoms with van der Waals surface area (Å²) in [6.07, 6.45) is 4.50. The van der Waals surface area contributed by atoms with E-state index in [-0.39, 0.29) is 6.03 Å². The van der Waals surface area contributed by atoms with E-state index in [4.69, 9.17) is 0 Å². The van der Waals surface area contributed by atoms with Gasteiger partial charge >= 0.3 is 6.03 Å². The minimum absolute atomic E-state index is 0.0955. The topological polar surface area (TPSA) is 48.5 Å². The molecule has 2 aliphatic heterocycles. The quantitative estimate of drug-likeness (QED) is 0.927. The van der Waals surface area contributed by atoms with Crippen molar-refractivity contribution in [1.82, 2.24) is 20.1 Å². The van der Waals surface area contributed by atoms with Gasteiger partial charge in [-0.3, -0.25) is 4.90 Å². The molecule has 116 valence electrons. The highest BCUT2D eigenvalue weighted by atomic mass is 32.1. The van der Waals surface area contributed by atoms with E-state index in [1.165, 1.54) is 17.7 Å². The molecule has 2 saturated heterocycles. The van der Waals surface area contributed by atoms with E-state index < -0.39 is 0 Å². The third-order valence-corrected chi connectivity index (χ3v) is 5.90. The lowest BCUT2D eigenvalue weighted by molar-refractivity contribution is 0.188. The summed E-state index contributed by atoms with van der Waals surface area (Å²) in [6, 6.07) is 1.32. The second kappa shape index (κ2) is 6.32. The number of amides is 2. The molecule has 0 radical (unpaired) electrons. The number of fused-ring (bicyclic) bond motifs is 2. The Morgan fingerprint density at radius 1 is 1.43 bits per heavy atom. The largest absolute Gasteiger partial charge is 0.338 e. The Kier molecular flexibility index (Phi) is 4.45. The highest BCUT2D eigenvalue weighted by molar-refractivity contribution is 7.09. The monoisotopic (exact) mass is 308 g/mol. The number of hydrogen-bond acceptors (Lipinski definition) is 4. The molecule has 1 aromatic heterocycles. The molecule has 2 fully saturated rings. The fraction of sp³-hybridized carbons (Fsp3) is 0.733. The number of thiazole rings is 1. The number of carbonyl (C=O) groups excluding carboxylic acids is 1. The molecule has 3 heterocycles. The minimum atomic E-state index is 0.0955. The second-order valence-corrected chi connectivity index (χ2v) is 7.07. The van der Waals surface area contributed by atoms with Crippen molar-refractivity contribution in [1.29, 1.82) is 0 Å². The molecule has 21 heavy (non-hydrogen) atoms. The summed E-state index contributed by atoms with van der Waals surface area (Å²) in [5, 5.41) is 3.07. The first-order valence-corrected chi connectivity index (χ1v) is 8.67. The maximum atomic E-state index is 12.3. The summed E-state index contributed by atoms with van der Waals surface area (Å²) in [5.74, 6) is 0. The van der Waals surface area contributed by atoms with E-state index in [1.807, 2.05) is 17.3 Å². The molecule has 3 rings (SSSR count). The lowest BCUT2D eigenvalue weighted by Gasteiger charge is -2.26. The molecule has 0 unspecified atom stereocenters. The average Bonchev–Trinajstić information content (AvgIpc) is 2.94. The zero-order chi connectivity index (χ0) is 14.8. The van der Waals surface area contributed by atoms with E-state index in [0.29, 0.717) is 18.6 Å². The number of nitrogens with zero attached hydrogens (tertiary/aromatic N) is 3. The van der Waals surface area contributed by atoms with Gasteiger partial charge in [-0.15, -0.1) is 11.3 Å². The first-order chi connectivity index (χ1) is 10.1. The van der Waals surface area contributed by atoms with Gasteiger partial charge in [-0.25, -0.2) is 9.78 Å². The van der Waals surface area contributed by atoms with Crippen LogP contribution in [0.4, 0.5) is 4.79 Å². The zero-order valence-corrected chi connectivity index (χ0v) is 13.7. The van der Waals surface area contributed by atoms with Gasteiger partial charge in [0, 0.05) is 43.0 Å².